The smallest absolute Gasteiger partial charge is 0.170 e. The van der Waals surface area contributed by atoms with Crippen LogP contribution in [0.15, 0.2) is 60.7 Å². The molecule has 0 N–H and O–H groups in total. The van der Waals surface area contributed by atoms with Crippen LogP contribution in [0.5, 0.6) is 23.0 Å². The lowest BCUT2D eigenvalue weighted by molar-refractivity contribution is 0.236. The number of hydrogen-bond donors (Lipinski definition) is 0. The van der Waals surface area contributed by atoms with Crippen molar-refractivity contribution in [1.82, 2.24) is 0 Å². The molecular weight excluding hydrogens is 312 g/mol. The van der Waals surface area contributed by atoms with E-state index in [9.17, 15) is 0 Å². The van der Waals surface area contributed by atoms with Crippen LogP contribution in [0.2, 0.25) is 0 Å². The average molecular weight is 336 g/mol. The molecule has 0 bridgehead atoms. The zero-order valence-corrected chi connectivity index (χ0v) is 15.2. The van der Waals surface area contributed by atoms with Crippen LogP contribution in [0, 0.1) is 0 Å². The molecule has 3 heteroatoms. The van der Waals surface area contributed by atoms with E-state index in [0.29, 0.717) is 5.75 Å². The maximum absolute atomic E-state index is 6.09. The molecule has 0 aliphatic rings. The molecule has 3 nitrogen and oxygen atoms in total. The van der Waals surface area contributed by atoms with Crippen LogP contribution in [-0.4, -0.2) is 12.2 Å². The summed E-state index contributed by atoms with van der Waals surface area (Å²) < 4.78 is 17.9. The Kier molecular flexibility index (Phi) is 5.13. The maximum Gasteiger partial charge on any atom is 0.170 e. The van der Waals surface area contributed by atoms with Crippen LogP contribution in [-0.2, 0) is 0 Å². The van der Waals surface area contributed by atoms with Crippen molar-refractivity contribution >= 4 is 10.8 Å². The predicted molar refractivity (Wildman–Crippen MR) is 102 cm³/mol. The molecule has 0 saturated heterocycles. The molecule has 3 rings (SSSR count). The predicted octanol–water partition coefficient (Wildman–Crippen LogP) is 6.21. The van der Waals surface area contributed by atoms with Gasteiger partial charge in [-0.15, -0.1) is 0 Å². The van der Waals surface area contributed by atoms with Crippen molar-refractivity contribution in [3.63, 3.8) is 0 Å². The molecule has 0 aliphatic heterocycles. The molecule has 0 heterocycles. The molecule has 0 unspecified atom stereocenters. The van der Waals surface area contributed by atoms with Crippen LogP contribution in [0.4, 0.5) is 0 Å². The first-order valence-corrected chi connectivity index (χ1v) is 8.66. The highest BCUT2D eigenvalue weighted by molar-refractivity contribution is 5.92. The monoisotopic (exact) mass is 336 g/mol. The van der Waals surface area contributed by atoms with Gasteiger partial charge in [-0.3, -0.25) is 0 Å². The summed E-state index contributed by atoms with van der Waals surface area (Å²) in [4.78, 5) is 0. The summed E-state index contributed by atoms with van der Waals surface area (Å²) >= 11 is 0. The topological polar surface area (TPSA) is 27.7 Å². The van der Waals surface area contributed by atoms with Crippen molar-refractivity contribution in [2.24, 2.45) is 0 Å². The fraction of sp³-hybridized carbons (Fsp3) is 0.273. The van der Waals surface area contributed by atoms with Crippen LogP contribution in [0.25, 0.3) is 10.8 Å². The van der Waals surface area contributed by atoms with E-state index in [-0.39, 0.29) is 12.2 Å². The summed E-state index contributed by atoms with van der Waals surface area (Å²) in [6.45, 7) is 8.07. The van der Waals surface area contributed by atoms with Crippen molar-refractivity contribution in [2.45, 2.75) is 39.9 Å². The Hall–Kier alpha value is -2.68. The van der Waals surface area contributed by atoms with Gasteiger partial charge in [0.2, 0.25) is 0 Å². The van der Waals surface area contributed by atoms with Gasteiger partial charge in [-0.25, -0.2) is 0 Å². The Morgan fingerprint density at radius 1 is 0.680 bits per heavy atom. The van der Waals surface area contributed by atoms with E-state index >= 15 is 0 Å². The fourth-order valence-corrected chi connectivity index (χ4v) is 2.66. The maximum atomic E-state index is 6.09. The second kappa shape index (κ2) is 7.47. The van der Waals surface area contributed by atoms with E-state index in [1.165, 1.54) is 0 Å². The van der Waals surface area contributed by atoms with Crippen molar-refractivity contribution < 1.29 is 14.2 Å². The summed E-state index contributed by atoms with van der Waals surface area (Å²) in [6.07, 6.45) is 0.194. The number of benzene rings is 3. The molecule has 0 aromatic heterocycles. The van der Waals surface area contributed by atoms with Gasteiger partial charge in [-0.05, 0) is 69.5 Å². The van der Waals surface area contributed by atoms with E-state index in [2.05, 4.69) is 0 Å². The Labute approximate surface area is 149 Å². The normalized spacial score (nSPS) is 11.1. The van der Waals surface area contributed by atoms with Gasteiger partial charge < -0.3 is 14.2 Å². The lowest BCUT2D eigenvalue weighted by Crippen LogP contribution is -2.07. The van der Waals surface area contributed by atoms with Gasteiger partial charge in [0.15, 0.2) is 11.5 Å². The summed E-state index contributed by atoms with van der Waals surface area (Å²) in [6, 6.07) is 19.8. The molecular formula is C22H24O3. The molecule has 0 atom stereocenters. The first-order valence-electron chi connectivity index (χ1n) is 8.66. The van der Waals surface area contributed by atoms with Gasteiger partial charge in [0.05, 0.1) is 12.2 Å². The molecule has 130 valence electrons. The van der Waals surface area contributed by atoms with Crippen molar-refractivity contribution in [2.75, 3.05) is 0 Å². The molecule has 3 aromatic rings. The van der Waals surface area contributed by atoms with Gasteiger partial charge >= 0.3 is 0 Å². The molecule has 0 fully saturated rings. The quantitative estimate of drug-likeness (QED) is 0.536. The first kappa shape index (κ1) is 17.2. The number of hydrogen-bond acceptors (Lipinski definition) is 3. The minimum absolute atomic E-state index is 0.0512. The minimum Gasteiger partial charge on any atom is -0.491 e. The number of rotatable bonds is 6. The molecule has 0 aliphatic carbocycles. The molecule has 0 amide bonds. The van der Waals surface area contributed by atoms with Crippen LogP contribution in [0.1, 0.15) is 27.7 Å². The third kappa shape index (κ3) is 4.24. The lowest BCUT2D eigenvalue weighted by Gasteiger charge is -2.18. The minimum atomic E-state index is 0.0512. The third-order valence-electron chi connectivity index (χ3n) is 3.60. The van der Waals surface area contributed by atoms with Crippen molar-refractivity contribution in [3.8, 4) is 23.0 Å². The van der Waals surface area contributed by atoms with Crippen molar-refractivity contribution in [1.29, 1.82) is 0 Å². The Morgan fingerprint density at radius 2 is 1.40 bits per heavy atom. The van der Waals surface area contributed by atoms with Crippen LogP contribution in [0.3, 0.4) is 0 Å². The highest BCUT2D eigenvalue weighted by Gasteiger charge is 2.14. The van der Waals surface area contributed by atoms with Gasteiger partial charge in [0, 0.05) is 5.39 Å². The van der Waals surface area contributed by atoms with E-state index < -0.39 is 0 Å². The molecule has 0 saturated carbocycles. The van der Waals surface area contributed by atoms with Crippen molar-refractivity contribution in [3.05, 3.63) is 60.7 Å². The Balaban J connectivity index is 2.04. The van der Waals surface area contributed by atoms with Crippen LogP contribution < -0.4 is 14.2 Å². The Bertz CT molecular complexity index is 839. The zero-order valence-electron chi connectivity index (χ0n) is 15.2. The lowest BCUT2D eigenvalue weighted by atomic mass is 10.1. The van der Waals surface area contributed by atoms with Gasteiger partial charge in [-0.2, -0.15) is 0 Å². The summed E-state index contributed by atoms with van der Waals surface area (Å²) in [5, 5.41) is 2.08. The molecule has 25 heavy (non-hydrogen) atoms. The van der Waals surface area contributed by atoms with Crippen LogP contribution >= 0.6 is 0 Å². The SMILES string of the molecule is CC(C)Oc1ccc2c(OC(C)C)c(Oc3ccccc3)ccc2c1. The fourth-order valence-electron chi connectivity index (χ4n) is 2.66. The van der Waals surface area contributed by atoms with Gasteiger partial charge in [0.25, 0.3) is 0 Å². The standard InChI is InChI=1S/C22H24O3/c1-15(2)23-19-11-12-20-17(14-19)10-13-21(22(20)24-16(3)4)25-18-8-6-5-7-9-18/h5-16H,1-4H3. The van der Waals surface area contributed by atoms with Gasteiger partial charge in [-0.1, -0.05) is 24.3 Å². The van der Waals surface area contributed by atoms with E-state index in [1.54, 1.807) is 0 Å². The second-order valence-corrected chi connectivity index (χ2v) is 6.52. The molecule has 0 radical (unpaired) electrons. The largest absolute Gasteiger partial charge is 0.491 e. The second-order valence-electron chi connectivity index (χ2n) is 6.52. The number of para-hydroxylation sites is 1. The third-order valence-corrected chi connectivity index (χ3v) is 3.60. The van der Waals surface area contributed by atoms with Gasteiger partial charge in [0.1, 0.15) is 11.5 Å². The Morgan fingerprint density at radius 3 is 2.08 bits per heavy atom. The average Bonchev–Trinajstić information content (AvgIpc) is 2.57. The summed E-state index contributed by atoms with van der Waals surface area (Å²) in [5.74, 6) is 3.11. The molecule has 3 aromatic carbocycles. The van der Waals surface area contributed by atoms with E-state index in [0.717, 1.165) is 28.0 Å². The summed E-state index contributed by atoms with van der Waals surface area (Å²) in [5.41, 5.74) is 0. The first-order chi connectivity index (χ1) is 12.0. The highest BCUT2D eigenvalue weighted by atomic mass is 16.5. The summed E-state index contributed by atoms with van der Waals surface area (Å²) in [7, 11) is 0. The number of fused-ring (bicyclic) bond motifs is 1. The number of ether oxygens (including phenoxy) is 3. The van der Waals surface area contributed by atoms with E-state index in [4.69, 9.17) is 14.2 Å². The highest BCUT2D eigenvalue weighted by Crippen LogP contribution is 2.40. The van der Waals surface area contributed by atoms with E-state index in [1.807, 2.05) is 88.4 Å². The zero-order chi connectivity index (χ0) is 17.8. The molecule has 0 spiro atoms.